The van der Waals surface area contributed by atoms with E-state index in [-0.39, 0.29) is 0 Å². The van der Waals surface area contributed by atoms with Crippen LogP contribution < -0.4 is 0 Å². The summed E-state index contributed by atoms with van der Waals surface area (Å²) in [4.78, 5) is 0. The minimum atomic E-state index is 0.900. The topological polar surface area (TPSA) is 54.5 Å². The van der Waals surface area contributed by atoms with Gasteiger partial charge in [0, 0.05) is 17.0 Å². The molecule has 0 spiro atoms. The van der Waals surface area contributed by atoms with Crippen LogP contribution in [0.5, 0.6) is 0 Å². The number of rotatable bonds is 0. The summed E-state index contributed by atoms with van der Waals surface area (Å²) in [5, 5.41) is 16.9. The first-order valence-corrected chi connectivity index (χ1v) is 3.98. The van der Waals surface area contributed by atoms with Crippen LogP contribution in [-0.4, -0.2) is 20.4 Å². The van der Waals surface area contributed by atoms with Crippen LogP contribution >= 0.6 is 0 Å². The lowest BCUT2D eigenvalue weighted by Gasteiger charge is -1.96. The van der Waals surface area contributed by atoms with Gasteiger partial charge in [0.05, 0.1) is 17.2 Å². The smallest absolute Gasteiger partial charge is 0.0967 e. The van der Waals surface area contributed by atoms with Gasteiger partial charge in [0.2, 0.25) is 0 Å². The van der Waals surface area contributed by atoms with Crippen molar-refractivity contribution in [1.82, 2.24) is 20.4 Å². The molecule has 2 heterocycles. The summed E-state index contributed by atoms with van der Waals surface area (Å²) in [6.07, 6.45) is 3.48. The molecule has 0 aliphatic carbocycles. The number of nitrogens with one attached hydrogen (secondary N) is 1. The lowest BCUT2D eigenvalue weighted by Crippen LogP contribution is -1.82. The van der Waals surface area contributed by atoms with E-state index in [4.69, 9.17) is 0 Å². The number of aromatic nitrogens is 4. The third-order valence-corrected chi connectivity index (χ3v) is 2.11. The SMILES string of the molecule is c1cc2ccc3nncc3c2[nH]n1. The monoisotopic (exact) mass is 170 g/mol. The summed E-state index contributed by atoms with van der Waals surface area (Å²) in [5.41, 5.74) is 1.89. The fourth-order valence-electron chi connectivity index (χ4n) is 1.48. The Hall–Kier alpha value is -1.97. The van der Waals surface area contributed by atoms with E-state index in [1.54, 1.807) is 12.4 Å². The first-order valence-electron chi connectivity index (χ1n) is 3.98. The van der Waals surface area contributed by atoms with Gasteiger partial charge < -0.3 is 0 Å². The van der Waals surface area contributed by atoms with Gasteiger partial charge in [0.25, 0.3) is 0 Å². The predicted molar refractivity (Wildman–Crippen MR) is 49.2 cm³/mol. The number of hydrogen-bond acceptors (Lipinski definition) is 3. The fourth-order valence-corrected chi connectivity index (χ4v) is 1.48. The van der Waals surface area contributed by atoms with Gasteiger partial charge in [0.1, 0.15) is 0 Å². The third kappa shape index (κ3) is 0.823. The number of fused-ring (bicyclic) bond motifs is 3. The number of benzene rings is 1. The summed E-state index contributed by atoms with van der Waals surface area (Å²) in [6.45, 7) is 0. The molecule has 62 valence electrons. The number of hydrogen-bond donors (Lipinski definition) is 1. The zero-order valence-electron chi connectivity index (χ0n) is 6.73. The second kappa shape index (κ2) is 2.26. The van der Waals surface area contributed by atoms with E-state index in [0.29, 0.717) is 0 Å². The third-order valence-electron chi connectivity index (χ3n) is 2.11. The van der Waals surface area contributed by atoms with Crippen molar-refractivity contribution in [1.29, 1.82) is 0 Å². The standard InChI is InChI=1S/C9H6N4/c1-2-8-7(5-11-12-8)9-6(1)3-4-10-13-9/h1-5,13H. The average molecular weight is 170 g/mol. The highest BCUT2D eigenvalue weighted by Gasteiger charge is 2.01. The maximum absolute atomic E-state index is 3.97. The van der Waals surface area contributed by atoms with Crippen LogP contribution in [0.15, 0.2) is 30.6 Å². The van der Waals surface area contributed by atoms with Gasteiger partial charge in [0.15, 0.2) is 0 Å². The Bertz CT molecular complexity index is 570. The van der Waals surface area contributed by atoms with E-state index in [1.807, 2.05) is 18.2 Å². The molecule has 3 aromatic rings. The zero-order chi connectivity index (χ0) is 8.67. The largest absolute Gasteiger partial charge is 0.277 e. The van der Waals surface area contributed by atoms with E-state index in [1.165, 1.54) is 0 Å². The molecular weight excluding hydrogens is 164 g/mol. The van der Waals surface area contributed by atoms with E-state index >= 15 is 0 Å². The molecule has 0 atom stereocenters. The highest BCUT2D eigenvalue weighted by Crippen LogP contribution is 2.20. The van der Waals surface area contributed by atoms with Crippen molar-refractivity contribution in [2.24, 2.45) is 0 Å². The Morgan fingerprint density at radius 2 is 2.15 bits per heavy atom. The fraction of sp³-hybridized carbons (Fsp3) is 0. The van der Waals surface area contributed by atoms with Gasteiger partial charge in [-0.3, -0.25) is 5.10 Å². The summed E-state index contributed by atoms with van der Waals surface area (Å²) < 4.78 is 0. The quantitative estimate of drug-likeness (QED) is 0.556. The summed E-state index contributed by atoms with van der Waals surface area (Å²) in [5.74, 6) is 0. The molecule has 0 aliphatic heterocycles. The molecule has 0 unspecified atom stereocenters. The molecule has 4 heteroatoms. The van der Waals surface area contributed by atoms with Crippen LogP contribution in [0, 0.1) is 0 Å². The number of aromatic amines is 1. The van der Waals surface area contributed by atoms with Crippen LogP contribution in [-0.2, 0) is 0 Å². The zero-order valence-corrected chi connectivity index (χ0v) is 6.73. The highest BCUT2D eigenvalue weighted by atomic mass is 15.1. The summed E-state index contributed by atoms with van der Waals surface area (Å²) in [6, 6.07) is 5.92. The molecule has 0 saturated heterocycles. The maximum Gasteiger partial charge on any atom is 0.0967 e. The Morgan fingerprint density at radius 1 is 1.15 bits per heavy atom. The normalized spacial score (nSPS) is 11.1. The van der Waals surface area contributed by atoms with Crippen molar-refractivity contribution >= 4 is 21.8 Å². The van der Waals surface area contributed by atoms with E-state index in [0.717, 1.165) is 21.8 Å². The molecule has 13 heavy (non-hydrogen) atoms. The van der Waals surface area contributed by atoms with E-state index < -0.39 is 0 Å². The van der Waals surface area contributed by atoms with E-state index in [2.05, 4.69) is 20.4 Å². The van der Waals surface area contributed by atoms with Crippen molar-refractivity contribution in [3.8, 4) is 0 Å². The van der Waals surface area contributed by atoms with Crippen LogP contribution in [0.1, 0.15) is 0 Å². The lowest BCUT2D eigenvalue weighted by atomic mass is 10.2. The summed E-state index contributed by atoms with van der Waals surface area (Å²) in [7, 11) is 0. The molecule has 2 aromatic heterocycles. The van der Waals surface area contributed by atoms with Gasteiger partial charge >= 0.3 is 0 Å². The minimum Gasteiger partial charge on any atom is -0.277 e. The van der Waals surface area contributed by atoms with E-state index in [9.17, 15) is 0 Å². The molecule has 3 rings (SSSR count). The molecule has 1 N–H and O–H groups in total. The molecule has 0 bridgehead atoms. The predicted octanol–water partition coefficient (Wildman–Crippen LogP) is 1.51. The van der Waals surface area contributed by atoms with Crippen molar-refractivity contribution in [2.75, 3.05) is 0 Å². The maximum atomic E-state index is 3.97. The van der Waals surface area contributed by atoms with Crippen molar-refractivity contribution < 1.29 is 0 Å². The van der Waals surface area contributed by atoms with Crippen molar-refractivity contribution in [2.45, 2.75) is 0 Å². The Morgan fingerprint density at radius 3 is 3.15 bits per heavy atom. The van der Waals surface area contributed by atoms with Crippen LogP contribution in [0.2, 0.25) is 0 Å². The molecule has 0 fully saturated rings. The van der Waals surface area contributed by atoms with Crippen LogP contribution in [0.3, 0.4) is 0 Å². The highest BCUT2D eigenvalue weighted by molar-refractivity contribution is 6.02. The molecule has 1 aromatic carbocycles. The molecule has 0 amide bonds. The Labute approximate surface area is 73.6 Å². The lowest BCUT2D eigenvalue weighted by molar-refractivity contribution is 1.08. The molecular formula is C9H6N4. The molecule has 0 saturated carbocycles. The van der Waals surface area contributed by atoms with Crippen molar-refractivity contribution in [3.63, 3.8) is 0 Å². The van der Waals surface area contributed by atoms with Gasteiger partial charge in [-0.2, -0.15) is 15.3 Å². The molecule has 0 aliphatic rings. The summed E-state index contributed by atoms with van der Waals surface area (Å²) >= 11 is 0. The van der Waals surface area contributed by atoms with Gasteiger partial charge in [-0.25, -0.2) is 0 Å². The number of H-pyrrole nitrogens is 1. The average Bonchev–Trinajstić information content (AvgIpc) is 2.65. The second-order valence-corrected chi connectivity index (χ2v) is 2.86. The molecule has 0 radical (unpaired) electrons. The van der Waals surface area contributed by atoms with Crippen LogP contribution in [0.4, 0.5) is 0 Å². The number of nitrogens with zero attached hydrogens (tertiary/aromatic N) is 3. The first-order chi connectivity index (χ1) is 6.45. The van der Waals surface area contributed by atoms with Crippen LogP contribution in [0.25, 0.3) is 21.8 Å². The Balaban J connectivity index is 2.65. The van der Waals surface area contributed by atoms with Gasteiger partial charge in [-0.1, -0.05) is 6.07 Å². The molecule has 4 nitrogen and oxygen atoms in total. The Kier molecular flexibility index (Phi) is 1.14. The van der Waals surface area contributed by atoms with Crippen molar-refractivity contribution in [3.05, 3.63) is 30.6 Å². The van der Waals surface area contributed by atoms with Gasteiger partial charge in [-0.15, -0.1) is 0 Å². The van der Waals surface area contributed by atoms with Gasteiger partial charge in [-0.05, 0) is 12.1 Å². The first kappa shape index (κ1) is 6.54. The minimum absolute atomic E-state index is 0.900. The second-order valence-electron chi connectivity index (χ2n) is 2.86.